The van der Waals surface area contributed by atoms with Gasteiger partial charge in [0.25, 0.3) is 5.56 Å². The van der Waals surface area contributed by atoms with Gasteiger partial charge in [0.15, 0.2) is 5.84 Å². The molecule has 3 rings (SSSR count). The quantitative estimate of drug-likeness (QED) is 0.321. The summed E-state index contributed by atoms with van der Waals surface area (Å²) in [6, 6.07) is 7.54. The summed E-state index contributed by atoms with van der Waals surface area (Å²) in [7, 11) is 0. The molecule has 0 aliphatic carbocycles. The van der Waals surface area contributed by atoms with Crippen LogP contribution >= 0.6 is 0 Å². The summed E-state index contributed by atoms with van der Waals surface area (Å²) in [5.41, 5.74) is 7.54. The maximum Gasteiger partial charge on any atom is 0.278 e. The van der Waals surface area contributed by atoms with Gasteiger partial charge in [-0.05, 0) is 26.0 Å². The number of imidazole rings is 1. The van der Waals surface area contributed by atoms with Crippen LogP contribution in [0.1, 0.15) is 25.6 Å². The van der Waals surface area contributed by atoms with Crippen LogP contribution in [-0.2, 0) is 0 Å². The molecule has 0 bridgehead atoms. The number of aromatic nitrogens is 3. The van der Waals surface area contributed by atoms with E-state index in [-0.39, 0.29) is 23.1 Å². The van der Waals surface area contributed by atoms with E-state index >= 15 is 0 Å². The first-order chi connectivity index (χ1) is 10.1. The van der Waals surface area contributed by atoms with Gasteiger partial charge >= 0.3 is 0 Å². The molecule has 0 amide bonds. The number of fused-ring (bicyclic) bond motifs is 3. The molecule has 3 N–H and O–H groups in total. The molecule has 3 aromatic rings. The monoisotopic (exact) mass is 285 g/mol. The van der Waals surface area contributed by atoms with Gasteiger partial charge in [0, 0.05) is 6.04 Å². The van der Waals surface area contributed by atoms with Crippen LogP contribution in [0.2, 0.25) is 0 Å². The number of hydrogen-bond acceptors (Lipinski definition) is 4. The largest absolute Gasteiger partial charge is 0.409 e. The van der Waals surface area contributed by atoms with Crippen molar-refractivity contribution in [3.05, 3.63) is 46.6 Å². The molecule has 2 heterocycles. The molecular weight excluding hydrogens is 270 g/mol. The highest BCUT2D eigenvalue weighted by Crippen LogP contribution is 2.19. The summed E-state index contributed by atoms with van der Waals surface area (Å²) < 4.78 is 3.35. The van der Waals surface area contributed by atoms with Gasteiger partial charge in [-0.2, -0.15) is 0 Å². The SMILES string of the molecule is CC(C)n1c(=O)c2c(/C(N)=N/O)ncn2c2ccccc21. The van der Waals surface area contributed by atoms with Crippen LogP contribution < -0.4 is 11.3 Å². The van der Waals surface area contributed by atoms with E-state index in [1.54, 1.807) is 8.97 Å². The van der Waals surface area contributed by atoms with Crippen LogP contribution in [0.5, 0.6) is 0 Å². The van der Waals surface area contributed by atoms with Crippen molar-refractivity contribution in [3.8, 4) is 0 Å². The maximum absolute atomic E-state index is 12.8. The van der Waals surface area contributed by atoms with Crippen LogP contribution in [0.25, 0.3) is 16.6 Å². The number of nitrogens with zero attached hydrogens (tertiary/aromatic N) is 4. The molecule has 0 radical (unpaired) electrons. The minimum atomic E-state index is -0.220. The Labute approximate surface area is 119 Å². The van der Waals surface area contributed by atoms with Crippen molar-refractivity contribution in [2.24, 2.45) is 10.9 Å². The maximum atomic E-state index is 12.8. The molecule has 0 fully saturated rings. The lowest BCUT2D eigenvalue weighted by Crippen LogP contribution is -2.26. The van der Waals surface area contributed by atoms with E-state index in [2.05, 4.69) is 10.1 Å². The zero-order valence-corrected chi connectivity index (χ0v) is 11.7. The number of oxime groups is 1. The molecule has 0 atom stereocenters. The molecule has 0 saturated heterocycles. The second kappa shape index (κ2) is 4.62. The predicted octanol–water partition coefficient (Wildman–Crippen LogP) is 1.32. The van der Waals surface area contributed by atoms with Crippen LogP contribution in [0.3, 0.4) is 0 Å². The van der Waals surface area contributed by atoms with Crippen molar-refractivity contribution in [2.45, 2.75) is 19.9 Å². The van der Waals surface area contributed by atoms with Crippen molar-refractivity contribution in [1.29, 1.82) is 0 Å². The molecule has 0 aliphatic rings. The molecule has 7 heteroatoms. The molecule has 0 unspecified atom stereocenters. The summed E-state index contributed by atoms with van der Waals surface area (Å²) in [5.74, 6) is -0.180. The van der Waals surface area contributed by atoms with Crippen molar-refractivity contribution in [2.75, 3.05) is 0 Å². The Morgan fingerprint density at radius 2 is 2.00 bits per heavy atom. The number of benzene rings is 1. The highest BCUT2D eigenvalue weighted by atomic mass is 16.4. The smallest absolute Gasteiger partial charge is 0.278 e. The minimum absolute atomic E-state index is 0.0255. The zero-order chi connectivity index (χ0) is 15.1. The second-order valence-electron chi connectivity index (χ2n) is 5.05. The van der Waals surface area contributed by atoms with Gasteiger partial charge in [0.05, 0.1) is 11.0 Å². The fourth-order valence-electron chi connectivity index (χ4n) is 2.58. The zero-order valence-electron chi connectivity index (χ0n) is 11.7. The number of nitrogens with two attached hydrogens (primary N) is 1. The third-order valence-electron chi connectivity index (χ3n) is 3.46. The lowest BCUT2D eigenvalue weighted by Gasteiger charge is -2.15. The molecule has 0 aliphatic heterocycles. The number of hydrogen-bond donors (Lipinski definition) is 2. The minimum Gasteiger partial charge on any atom is -0.409 e. The summed E-state index contributed by atoms with van der Waals surface area (Å²) in [6.07, 6.45) is 1.51. The third-order valence-corrected chi connectivity index (χ3v) is 3.46. The lowest BCUT2D eigenvalue weighted by atomic mass is 10.2. The van der Waals surface area contributed by atoms with Crippen molar-refractivity contribution >= 4 is 22.4 Å². The van der Waals surface area contributed by atoms with E-state index in [4.69, 9.17) is 10.9 Å². The van der Waals surface area contributed by atoms with Crippen molar-refractivity contribution in [3.63, 3.8) is 0 Å². The highest BCUT2D eigenvalue weighted by molar-refractivity contribution is 6.02. The Bertz CT molecular complexity index is 920. The fourth-order valence-corrected chi connectivity index (χ4v) is 2.58. The Morgan fingerprint density at radius 1 is 1.33 bits per heavy atom. The lowest BCUT2D eigenvalue weighted by molar-refractivity contribution is 0.318. The van der Waals surface area contributed by atoms with Gasteiger partial charge in [0.1, 0.15) is 17.5 Å². The first-order valence-electron chi connectivity index (χ1n) is 6.54. The predicted molar refractivity (Wildman–Crippen MR) is 79.9 cm³/mol. The molecule has 21 heavy (non-hydrogen) atoms. The Morgan fingerprint density at radius 3 is 2.62 bits per heavy atom. The first kappa shape index (κ1) is 13.2. The summed E-state index contributed by atoms with van der Waals surface area (Å²) >= 11 is 0. The van der Waals surface area contributed by atoms with E-state index in [0.29, 0.717) is 5.52 Å². The summed E-state index contributed by atoms with van der Waals surface area (Å²) in [5, 5.41) is 11.8. The molecule has 1 aromatic carbocycles. The topological polar surface area (TPSA) is 97.9 Å². The van der Waals surface area contributed by atoms with Crippen molar-refractivity contribution < 1.29 is 5.21 Å². The number of amidine groups is 1. The van der Waals surface area contributed by atoms with E-state index in [0.717, 1.165) is 11.0 Å². The average Bonchev–Trinajstić information content (AvgIpc) is 2.92. The Balaban J connectivity index is 2.60. The van der Waals surface area contributed by atoms with Gasteiger partial charge < -0.3 is 15.5 Å². The van der Waals surface area contributed by atoms with Gasteiger partial charge in [-0.3, -0.25) is 9.20 Å². The first-order valence-corrected chi connectivity index (χ1v) is 6.54. The molecule has 2 aromatic heterocycles. The number of rotatable bonds is 2. The van der Waals surface area contributed by atoms with Crippen LogP contribution in [-0.4, -0.2) is 25.0 Å². The van der Waals surface area contributed by atoms with E-state index < -0.39 is 0 Å². The molecule has 0 spiro atoms. The summed E-state index contributed by atoms with van der Waals surface area (Å²) in [6.45, 7) is 3.87. The third kappa shape index (κ3) is 1.78. The van der Waals surface area contributed by atoms with Crippen molar-refractivity contribution in [1.82, 2.24) is 14.0 Å². The van der Waals surface area contributed by atoms with E-state index in [1.807, 2.05) is 38.1 Å². The van der Waals surface area contributed by atoms with Crippen LogP contribution in [0.15, 0.2) is 40.5 Å². The van der Waals surface area contributed by atoms with E-state index in [9.17, 15) is 4.79 Å². The average molecular weight is 285 g/mol. The highest BCUT2D eigenvalue weighted by Gasteiger charge is 2.18. The number of para-hydroxylation sites is 2. The fraction of sp³-hybridized carbons (Fsp3) is 0.214. The Hall–Kier alpha value is -2.83. The molecule has 108 valence electrons. The summed E-state index contributed by atoms with van der Waals surface area (Å²) in [4.78, 5) is 16.9. The van der Waals surface area contributed by atoms with Gasteiger partial charge in [0.2, 0.25) is 0 Å². The van der Waals surface area contributed by atoms with Crippen LogP contribution in [0, 0.1) is 0 Å². The Kier molecular flexibility index (Phi) is 2.90. The van der Waals surface area contributed by atoms with Crippen LogP contribution in [0.4, 0.5) is 0 Å². The standard InChI is InChI=1S/C14H15N5O2/c1-8(2)19-10-6-4-3-5-9(10)18-7-16-11(13(15)17-21)12(18)14(19)20/h3-8,21H,1-2H3,(H2,15,17). The van der Waals surface area contributed by atoms with Gasteiger partial charge in [-0.15, -0.1) is 0 Å². The van der Waals surface area contributed by atoms with Gasteiger partial charge in [-0.1, -0.05) is 17.3 Å². The normalized spacial score (nSPS) is 12.6. The second-order valence-corrected chi connectivity index (χ2v) is 5.05. The molecule has 7 nitrogen and oxygen atoms in total. The van der Waals surface area contributed by atoms with E-state index in [1.165, 1.54) is 6.33 Å². The molecular formula is C14H15N5O2. The van der Waals surface area contributed by atoms with Gasteiger partial charge in [-0.25, -0.2) is 4.98 Å². The molecule has 0 saturated carbocycles.